The lowest BCUT2D eigenvalue weighted by Crippen LogP contribution is -2.35. The third-order valence-electron chi connectivity index (χ3n) is 5.76. The fourth-order valence-electron chi connectivity index (χ4n) is 4.01. The van der Waals surface area contributed by atoms with Crippen LogP contribution in [0.25, 0.3) is 10.2 Å². The van der Waals surface area contributed by atoms with Crippen LogP contribution in [0.4, 0.5) is 0 Å². The summed E-state index contributed by atoms with van der Waals surface area (Å²) >= 11 is 1.35. The van der Waals surface area contributed by atoms with Crippen molar-refractivity contribution in [1.29, 1.82) is 0 Å². The molecular weight excluding hydrogens is 462 g/mol. The van der Waals surface area contributed by atoms with Gasteiger partial charge in [0.15, 0.2) is 4.80 Å². The first kappa shape index (κ1) is 23.5. The van der Waals surface area contributed by atoms with E-state index in [0.29, 0.717) is 41.5 Å². The lowest BCUT2D eigenvalue weighted by Gasteiger charge is -2.25. The number of aromatic nitrogens is 1. The van der Waals surface area contributed by atoms with Crippen LogP contribution in [-0.2, 0) is 16.6 Å². The predicted molar refractivity (Wildman–Crippen MR) is 128 cm³/mol. The van der Waals surface area contributed by atoms with Gasteiger partial charge in [-0.2, -0.15) is 9.30 Å². The Hall–Kier alpha value is -2.69. The van der Waals surface area contributed by atoms with Crippen molar-refractivity contribution < 1.29 is 22.7 Å². The van der Waals surface area contributed by atoms with Crippen molar-refractivity contribution in [3.63, 3.8) is 0 Å². The molecule has 176 valence electrons. The minimum atomic E-state index is -3.55. The first-order valence-electron chi connectivity index (χ1n) is 10.8. The van der Waals surface area contributed by atoms with Crippen LogP contribution in [0.3, 0.4) is 0 Å². The molecule has 1 fully saturated rings. The molecule has 8 nitrogen and oxygen atoms in total. The normalized spacial score (nSPS) is 15.7. The SMILES string of the molecule is CCn1c(=NC(=O)c2ccc(S(=O)(=O)N3CCCCC3)cc2)sc2c(OC)ccc(OC)c21. The predicted octanol–water partition coefficient (Wildman–Crippen LogP) is 3.66. The van der Waals surface area contributed by atoms with Crippen LogP contribution in [0.5, 0.6) is 11.5 Å². The number of benzene rings is 2. The van der Waals surface area contributed by atoms with Gasteiger partial charge in [0, 0.05) is 25.2 Å². The average Bonchev–Trinajstić information content (AvgIpc) is 3.22. The lowest BCUT2D eigenvalue weighted by molar-refractivity contribution is 0.0997. The number of piperidine rings is 1. The van der Waals surface area contributed by atoms with Gasteiger partial charge in [0.1, 0.15) is 21.7 Å². The fourth-order valence-corrected chi connectivity index (χ4v) is 6.73. The summed E-state index contributed by atoms with van der Waals surface area (Å²) in [6.45, 7) is 3.62. The Labute approximate surface area is 197 Å². The van der Waals surface area contributed by atoms with E-state index in [4.69, 9.17) is 9.47 Å². The molecule has 0 aliphatic carbocycles. The third-order valence-corrected chi connectivity index (χ3v) is 8.77. The summed E-state index contributed by atoms with van der Waals surface area (Å²) in [5.41, 5.74) is 1.14. The summed E-state index contributed by atoms with van der Waals surface area (Å²) in [4.78, 5) is 18.0. The maximum atomic E-state index is 12.9. The first-order chi connectivity index (χ1) is 15.9. The number of hydrogen-bond acceptors (Lipinski definition) is 6. The van der Waals surface area contributed by atoms with Gasteiger partial charge in [-0.05, 0) is 56.2 Å². The first-order valence-corrected chi connectivity index (χ1v) is 13.1. The fraction of sp³-hybridized carbons (Fsp3) is 0.391. The zero-order valence-electron chi connectivity index (χ0n) is 18.9. The summed E-state index contributed by atoms with van der Waals surface area (Å²) in [6, 6.07) is 9.66. The number of ether oxygens (including phenoxy) is 2. The third kappa shape index (κ3) is 4.42. The molecule has 33 heavy (non-hydrogen) atoms. The number of nitrogens with zero attached hydrogens (tertiary/aromatic N) is 3. The van der Waals surface area contributed by atoms with Gasteiger partial charge < -0.3 is 14.0 Å². The van der Waals surface area contributed by atoms with Crippen molar-refractivity contribution in [3.05, 3.63) is 46.8 Å². The number of aryl methyl sites for hydroxylation is 1. The quantitative estimate of drug-likeness (QED) is 0.527. The molecule has 4 rings (SSSR count). The zero-order chi connectivity index (χ0) is 23.6. The van der Waals surface area contributed by atoms with Crippen LogP contribution in [0.2, 0.25) is 0 Å². The second-order valence-electron chi connectivity index (χ2n) is 7.68. The zero-order valence-corrected chi connectivity index (χ0v) is 20.5. The number of fused-ring (bicyclic) bond motifs is 1. The van der Waals surface area contributed by atoms with Crippen LogP contribution < -0.4 is 14.3 Å². The standard InChI is InChI=1S/C23H27N3O5S2/c1-4-26-20-18(30-2)12-13-19(31-3)21(20)32-23(26)24-22(27)16-8-10-17(11-9-16)33(28,29)25-14-6-5-7-15-25/h8-13H,4-7,14-15H2,1-3H3. The number of rotatable bonds is 6. The number of methoxy groups -OCH3 is 2. The van der Waals surface area contributed by atoms with E-state index in [1.807, 2.05) is 23.6 Å². The van der Waals surface area contributed by atoms with E-state index in [2.05, 4.69) is 4.99 Å². The molecule has 2 aromatic carbocycles. The van der Waals surface area contributed by atoms with Gasteiger partial charge in [0.25, 0.3) is 5.91 Å². The Balaban J connectivity index is 1.70. The summed E-state index contributed by atoms with van der Waals surface area (Å²) in [5.74, 6) is 0.910. The molecule has 3 aromatic rings. The molecule has 1 aromatic heterocycles. The maximum absolute atomic E-state index is 12.9. The van der Waals surface area contributed by atoms with Crippen molar-refractivity contribution in [1.82, 2.24) is 8.87 Å². The smallest absolute Gasteiger partial charge is 0.279 e. The van der Waals surface area contributed by atoms with Gasteiger partial charge in [-0.15, -0.1) is 0 Å². The van der Waals surface area contributed by atoms with Crippen LogP contribution in [-0.4, -0.2) is 50.5 Å². The summed E-state index contributed by atoms with van der Waals surface area (Å²) < 4.78 is 41.0. The molecule has 1 saturated heterocycles. The van der Waals surface area contributed by atoms with Crippen molar-refractivity contribution in [2.75, 3.05) is 27.3 Å². The second-order valence-corrected chi connectivity index (χ2v) is 10.6. The van der Waals surface area contributed by atoms with Crippen LogP contribution in [0.1, 0.15) is 36.5 Å². The molecule has 0 bridgehead atoms. The van der Waals surface area contributed by atoms with E-state index >= 15 is 0 Å². The molecule has 0 spiro atoms. The average molecular weight is 490 g/mol. The van der Waals surface area contributed by atoms with Crippen molar-refractivity contribution in [2.24, 2.45) is 4.99 Å². The van der Waals surface area contributed by atoms with Crippen LogP contribution in [0.15, 0.2) is 46.3 Å². The molecule has 0 unspecified atom stereocenters. The number of sulfonamides is 1. The van der Waals surface area contributed by atoms with E-state index in [1.165, 1.54) is 39.9 Å². The molecule has 0 atom stereocenters. The molecule has 2 heterocycles. The number of carbonyl (C=O) groups is 1. The van der Waals surface area contributed by atoms with E-state index in [-0.39, 0.29) is 4.90 Å². The maximum Gasteiger partial charge on any atom is 0.279 e. The molecule has 1 aliphatic heterocycles. The summed E-state index contributed by atoms with van der Waals surface area (Å²) in [6.07, 6.45) is 2.79. The summed E-state index contributed by atoms with van der Waals surface area (Å²) in [7, 11) is -0.352. The largest absolute Gasteiger partial charge is 0.495 e. The van der Waals surface area contributed by atoms with Gasteiger partial charge in [-0.3, -0.25) is 4.79 Å². The number of carbonyl (C=O) groups excluding carboxylic acids is 1. The van der Waals surface area contributed by atoms with Gasteiger partial charge >= 0.3 is 0 Å². The summed E-state index contributed by atoms with van der Waals surface area (Å²) in [5, 5.41) is 0. The Morgan fingerprint density at radius 2 is 1.64 bits per heavy atom. The topological polar surface area (TPSA) is 90.2 Å². The highest BCUT2D eigenvalue weighted by Crippen LogP contribution is 2.35. The van der Waals surface area contributed by atoms with Crippen molar-refractivity contribution >= 4 is 37.5 Å². The molecule has 10 heteroatoms. The highest BCUT2D eigenvalue weighted by molar-refractivity contribution is 7.89. The van der Waals surface area contributed by atoms with Gasteiger partial charge in [0.2, 0.25) is 10.0 Å². The van der Waals surface area contributed by atoms with Crippen LogP contribution in [0, 0.1) is 0 Å². The molecule has 0 saturated carbocycles. The van der Waals surface area contributed by atoms with Gasteiger partial charge in [-0.1, -0.05) is 17.8 Å². The highest BCUT2D eigenvalue weighted by Gasteiger charge is 2.26. The minimum absolute atomic E-state index is 0.195. The Kier molecular flexibility index (Phi) is 6.87. The Morgan fingerprint density at radius 1 is 1.00 bits per heavy atom. The second kappa shape index (κ2) is 9.66. The molecular formula is C23H27N3O5S2. The van der Waals surface area contributed by atoms with Crippen LogP contribution >= 0.6 is 11.3 Å². The Morgan fingerprint density at radius 3 is 2.24 bits per heavy atom. The highest BCUT2D eigenvalue weighted by atomic mass is 32.2. The van der Waals surface area contributed by atoms with E-state index in [0.717, 1.165) is 29.5 Å². The number of hydrogen-bond donors (Lipinski definition) is 0. The van der Waals surface area contributed by atoms with E-state index in [9.17, 15) is 13.2 Å². The van der Waals surface area contributed by atoms with Crippen molar-refractivity contribution in [3.8, 4) is 11.5 Å². The molecule has 0 N–H and O–H groups in total. The molecule has 1 aliphatic rings. The molecule has 1 amide bonds. The lowest BCUT2D eigenvalue weighted by atomic mass is 10.2. The van der Waals surface area contributed by atoms with Crippen molar-refractivity contribution in [2.45, 2.75) is 37.6 Å². The monoisotopic (exact) mass is 489 g/mol. The van der Waals surface area contributed by atoms with Gasteiger partial charge in [0.05, 0.1) is 19.1 Å². The van der Waals surface area contributed by atoms with E-state index in [1.54, 1.807) is 14.2 Å². The number of thiazole rings is 1. The minimum Gasteiger partial charge on any atom is -0.495 e. The Bertz CT molecular complexity index is 1330. The number of amides is 1. The molecule has 0 radical (unpaired) electrons. The van der Waals surface area contributed by atoms with Gasteiger partial charge in [-0.25, -0.2) is 8.42 Å². The van der Waals surface area contributed by atoms with E-state index < -0.39 is 15.9 Å².